The lowest BCUT2D eigenvalue weighted by molar-refractivity contribution is 0.0653. The van der Waals surface area contributed by atoms with Crippen LogP contribution in [0.3, 0.4) is 0 Å². The van der Waals surface area contributed by atoms with Gasteiger partial charge in [-0.15, -0.1) is 0 Å². The van der Waals surface area contributed by atoms with Crippen LogP contribution in [0.4, 0.5) is 0 Å². The highest BCUT2D eigenvalue weighted by Crippen LogP contribution is 2.26. The maximum atomic E-state index is 12.4. The van der Waals surface area contributed by atoms with Crippen LogP contribution in [0.15, 0.2) is 24.3 Å². The third-order valence-corrected chi connectivity index (χ3v) is 13.2. The number of rotatable bonds is 8. The van der Waals surface area contributed by atoms with Gasteiger partial charge in [-0.3, -0.25) is 14.5 Å². The molecule has 1 aliphatic rings. The first-order chi connectivity index (χ1) is 11.5. The number of imide groups is 1. The number of nitrogens with zero attached hydrogens (tertiary/aromatic N) is 1. The van der Waals surface area contributed by atoms with Crippen LogP contribution in [0.1, 0.15) is 27.1 Å². The van der Waals surface area contributed by atoms with Crippen LogP contribution in [0, 0.1) is 0 Å². The van der Waals surface area contributed by atoms with E-state index in [9.17, 15) is 9.59 Å². The Morgan fingerprint density at radius 2 is 1.52 bits per heavy atom. The maximum Gasteiger partial charge on any atom is 0.314 e. The van der Waals surface area contributed by atoms with E-state index in [4.69, 9.17) is 8.23 Å². The van der Waals surface area contributed by atoms with Gasteiger partial charge in [-0.1, -0.05) is 12.1 Å². The van der Waals surface area contributed by atoms with E-state index in [2.05, 4.69) is 39.3 Å². The Morgan fingerprint density at radius 3 is 1.96 bits per heavy atom. The minimum atomic E-state index is -2.27. The van der Waals surface area contributed by atoms with Crippen molar-refractivity contribution in [1.29, 1.82) is 0 Å². The molecule has 0 aliphatic carbocycles. The minimum Gasteiger partial charge on any atom is -0.439 e. The van der Waals surface area contributed by atoms with Gasteiger partial charge in [-0.05, 0) is 63.9 Å². The van der Waals surface area contributed by atoms with E-state index in [-0.39, 0.29) is 11.8 Å². The Kier molecular flexibility index (Phi) is 6.21. The van der Waals surface area contributed by atoms with Crippen LogP contribution in [-0.2, 0) is 8.23 Å². The second kappa shape index (κ2) is 7.67. The lowest BCUT2D eigenvalue weighted by atomic mass is 10.1. The molecular weight excluding hydrogens is 366 g/mol. The highest BCUT2D eigenvalue weighted by molar-refractivity contribution is 6.84. The Morgan fingerprint density at radius 1 is 1.00 bits per heavy atom. The summed E-state index contributed by atoms with van der Waals surface area (Å²) in [6.45, 7) is 13.4. The number of amides is 2. The second-order valence-corrected chi connectivity index (χ2v) is 18.8. The van der Waals surface area contributed by atoms with Crippen molar-refractivity contribution in [2.24, 2.45) is 0 Å². The quantitative estimate of drug-likeness (QED) is 0.498. The molecule has 1 aromatic rings. The Labute approximate surface area is 154 Å². The molecule has 1 aliphatic heterocycles. The monoisotopic (exact) mass is 395 g/mol. The molecule has 0 spiro atoms. The summed E-state index contributed by atoms with van der Waals surface area (Å²) < 4.78 is 12.7. The average Bonchev–Trinajstić information content (AvgIpc) is 2.70. The van der Waals surface area contributed by atoms with Gasteiger partial charge in [0.25, 0.3) is 11.8 Å². The minimum absolute atomic E-state index is 0.186. The van der Waals surface area contributed by atoms with Gasteiger partial charge in [0.05, 0.1) is 11.1 Å². The summed E-state index contributed by atoms with van der Waals surface area (Å²) in [6, 6.07) is 7.82. The van der Waals surface area contributed by atoms with Crippen molar-refractivity contribution < 1.29 is 17.8 Å². The zero-order valence-electron chi connectivity index (χ0n) is 16.1. The number of carbonyl (C=O) groups is 2. The smallest absolute Gasteiger partial charge is 0.314 e. The predicted molar refractivity (Wildman–Crippen MR) is 107 cm³/mol. The van der Waals surface area contributed by atoms with Crippen molar-refractivity contribution in [1.82, 2.24) is 4.90 Å². The van der Waals surface area contributed by atoms with Gasteiger partial charge in [0.2, 0.25) is 0 Å². The summed E-state index contributed by atoms with van der Waals surface area (Å²) in [4.78, 5) is 26.2. The Bertz CT molecular complexity index is 625. The summed E-state index contributed by atoms with van der Waals surface area (Å²) in [6.07, 6.45) is 0.722. The van der Waals surface area contributed by atoms with Crippen molar-refractivity contribution in [3.05, 3.63) is 35.4 Å². The molecule has 0 fully saturated rings. The predicted octanol–water partition coefficient (Wildman–Crippen LogP) is 3.60. The summed E-state index contributed by atoms with van der Waals surface area (Å²) in [5, 5.41) is 0. The lowest BCUT2D eigenvalue weighted by Gasteiger charge is -2.35. The Balaban J connectivity index is 2.01. The molecule has 0 saturated heterocycles. The van der Waals surface area contributed by atoms with Crippen molar-refractivity contribution in [3.8, 4) is 0 Å². The van der Waals surface area contributed by atoms with Crippen LogP contribution in [-0.4, -0.2) is 49.2 Å². The Hall–Kier alpha value is -1.07. The van der Waals surface area contributed by atoms with E-state index in [0.29, 0.717) is 17.7 Å². The number of hydrogen-bond donors (Lipinski definition) is 0. The zero-order valence-corrected chi connectivity index (χ0v) is 19.2. The SMILES string of the molecule is C[SiH](C)O[Si](C)(CCCN1C(=O)c2ccccc2C1=O)O[Si](C)(C)C. The number of fused-ring (bicyclic) bond motifs is 1. The molecule has 0 aromatic heterocycles. The molecule has 1 unspecified atom stereocenters. The van der Waals surface area contributed by atoms with Crippen molar-refractivity contribution in [2.45, 2.75) is 51.7 Å². The molecule has 2 amide bonds. The van der Waals surface area contributed by atoms with Gasteiger partial charge in [0, 0.05) is 6.54 Å². The third-order valence-electron chi connectivity index (χ3n) is 3.90. The van der Waals surface area contributed by atoms with E-state index in [0.717, 1.165) is 12.5 Å². The first-order valence-corrected chi connectivity index (χ1v) is 17.6. The van der Waals surface area contributed by atoms with E-state index >= 15 is 0 Å². The summed E-state index contributed by atoms with van der Waals surface area (Å²) in [5.41, 5.74) is 1.02. The van der Waals surface area contributed by atoms with Crippen LogP contribution in [0.2, 0.25) is 45.3 Å². The van der Waals surface area contributed by atoms with Gasteiger partial charge >= 0.3 is 8.56 Å². The van der Waals surface area contributed by atoms with E-state index in [1.807, 2.05) is 0 Å². The lowest BCUT2D eigenvalue weighted by Crippen LogP contribution is -2.49. The molecule has 0 bridgehead atoms. The molecule has 25 heavy (non-hydrogen) atoms. The topological polar surface area (TPSA) is 55.8 Å². The van der Waals surface area contributed by atoms with Gasteiger partial charge < -0.3 is 8.23 Å². The summed E-state index contributed by atoms with van der Waals surface area (Å²) >= 11 is 0. The molecular formula is C17H29NO4Si3. The standard InChI is InChI=1S/C17H29NO4Si3/c1-23(2)21-25(6,22-24(3,4)5)13-9-12-18-16(19)14-10-7-8-11-15(14)17(18)20/h7-8,10-11,23H,9,12-13H2,1-6H3. The van der Waals surface area contributed by atoms with Gasteiger partial charge in [-0.2, -0.15) is 0 Å². The largest absolute Gasteiger partial charge is 0.439 e. The highest BCUT2D eigenvalue weighted by atomic mass is 28.5. The molecule has 0 saturated carbocycles. The molecule has 138 valence electrons. The molecule has 0 radical (unpaired) electrons. The number of hydrogen-bond acceptors (Lipinski definition) is 4. The van der Waals surface area contributed by atoms with E-state index in [1.165, 1.54) is 4.90 Å². The third kappa shape index (κ3) is 5.21. The zero-order chi connectivity index (χ0) is 18.8. The molecule has 1 atom stereocenters. The van der Waals surface area contributed by atoms with E-state index in [1.54, 1.807) is 24.3 Å². The summed E-state index contributed by atoms with van der Waals surface area (Å²) in [5.74, 6) is -0.372. The second-order valence-electron chi connectivity index (χ2n) is 7.93. The van der Waals surface area contributed by atoms with Crippen LogP contribution >= 0.6 is 0 Å². The van der Waals surface area contributed by atoms with E-state index < -0.39 is 25.9 Å². The summed E-state index contributed by atoms with van der Waals surface area (Å²) in [7, 11) is -5.19. The number of benzene rings is 1. The van der Waals surface area contributed by atoms with Gasteiger partial charge in [0.1, 0.15) is 0 Å². The van der Waals surface area contributed by atoms with Crippen LogP contribution in [0.25, 0.3) is 0 Å². The maximum absolute atomic E-state index is 12.4. The van der Waals surface area contributed by atoms with Gasteiger partial charge in [-0.25, -0.2) is 0 Å². The number of carbonyl (C=O) groups excluding carboxylic acids is 2. The fraction of sp³-hybridized carbons (Fsp3) is 0.529. The molecule has 5 nitrogen and oxygen atoms in total. The van der Waals surface area contributed by atoms with Gasteiger partial charge in [0.15, 0.2) is 17.4 Å². The average molecular weight is 396 g/mol. The first-order valence-electron chi connectivity index (χ1n) is 8.86. The normalized spacial score (nSPS) is 17.2. The van der Waals surface area contributed by atoms with Crippen molar-refractivity contribution >= 4 is 37.7 Å². The fourth-order valence-corrected chi connectivity index (χ4v) is 14.8. The molecule has 1 aromatic carbocycles. The molecule has 0 N–H and O–H groups in total. The first kappa shape index (κ1) is 20.2. The fourth-order valence-electron chi connectivity index (χ4n) is 3.28. The van der Waals surface area contributed by atoms with Crippen molar-refractivity contribution in [2.75, 3.05) is 6.54 Å². The molecule has 1 heterocycles. The van der Waals surface area contributed by atoms with Crippen LogP contribution in [0.5, 0.6) is 0 Å². The molecule has 2 rings (SSSR count). The van der Waals surface area contributed by atoms with Crippen molar-refractivity contribution in [3.63, 3.8) is 0 Å². The van der Waals surface area contributed by atoms with Crippen LogP contribution < -0.4 is 0 Å². The molecule has 8 heteroatoms. The highest BCUT2D eigenvalue weighted by Gasteiger charge is 2.39.